The lowest BCUT2D eigenvalue weighted by Gasteiger charge is -2.33. The van der Waals surface area contributed by atoms with Crippen LogP contribution in [0, 0.1) is 19.3 Å². The second-order valence-electron chi connectivity index (χ2n) is 6.80. The number of nitrogens with one attached hydrogen (secondary N) is 2. The number of esters is 1. The number of fused-ring (bicyclic) bond motifs is 1. The minimum Gasteiger partial charge on any atom is -0.486 e. The molecule has 2 N–H and O–H groups in total. The van der Waals surface area contributed by atoms with Crippen molar-refractivity contribution in [2.24, 2.45) is 0 Å². The lowest BCUT2D eigenvalue weighted by Crippen LogP contribution is -2.40. The highest BCUT2D eigenvalue weighted by atomic mass is 16.6. The molecule has 1 aliphatic heterocycles. The lowest BCUT2D eigenvalue weighted by atomic mass is 10.1. The number of benzene rings is 1. The van der Waals surface area contributed by atoms with Crippen LogP contribution in [-0.4, -0.2) is 59.6 Å². The molecule has 2 heterocycles. The molecule has 146 valence electrons. The fraction of sp³-hybridized carbons (Fsp3) is 0.526. The maximum absolute atomic E-state index is 11.5. The summed E-state index contributed by atoms with van der Waals surface area (Å²) in [7, 11) is 1.33. The fourth-order valence-electron chi connectivity index (χ4n) is 3.33. The first-order chi connectivity index (χ1) is 12.9. The minimum absolute atomic E-state index is 0.0296. The van der Waals surface area contributed by atoms with Crippen LogP contribution in [-0.2, 0) is 9.53 Å². The molecule has 0 atom stereocenters. The Balaban J connectivity index is 1.85. The fourth-order valence-corrected chi connectivity index (χ4v) is 3.33. The Hall–Kier alpha value is -2.77. The Kier molecular flexibility index (Phi) is 5.53. The molecule has 0 amide bonds. The predicted octanol–water partition coefficient (Wildman–Crippen LogP) is 2.57. The lowest BCUT2D eigenvalue weighted by molar-refractivity contribution is -0.142. The molecule has 1 aliphatic rings. The number of carbonyl (C=O) groups is 1. The molecule has 8 heteroatoms. The molecule has 3 rings (SSSR count). The summed E-state index contributed by atoms with van der Waals surface area (Å²) in [6.45, 7) is 7.00. The Morgan fingerprint density at radius 3 is 2.70 bits per heavy atom. The van der Waals surface area contributed by atoms with E-state index in [-0.39, 0.29) is 12.7 Å². The Labute approximate surface area is 158 Å². The van der Waals surface area contributed by atoms with Crippen molar-refractivity contribution in [2.45, 2.75) is 39.7 Å². The van der Waals surface area contributed by atoms with E-state index >= 15 is 0 Å². The molecule has 0 saturated carbocycles. The van der Waals surface area contributed by atoms with Crippen LogP contribution >= 0.6 is 0 Å². The van der Waals surface area contributed by atoms with Gasteiger partial charge in [-0.3, -0.25) is 5.41 Å². The Morgan fingerprint density at radius 2 is 2.07 bits per heavy atom. The number of hydrogen-bond donors (Lipinski definition) is 2. The molecule has 8 nitrogen and oxygen atoms in total. The monoisotopic (exact) mass is 374 g/mol. The van der Waals surface area contributed by atoms with Gasteiger partial charge in [0.1, 0.15) is 11.9 Å². The van der Waals surface area contributed by atoms with E-state index in [9.17, 15) is 4.79 Å². The second-order valence-corrected chi connectivity index (χ2v) is 6.80. The molecule has 1 fully saturated rings. The van der Waals surface area contributed by atoms with Crippen LogP contribution in [0.1, 0.15) is 31.2 Å². The van der Waals surface area contributed by atoms with E-state index in [1.54, 1.807) is 6.92 Å². The van der Waals surface area contributed by atoms with E-state index in [0.29, 0.717) is 17.3 Å². The van der Waals surface area contributed by atoms with Gasteiger partial charge in [-0.05, 0) is 20.8 Å². The third kappa shape index (κ3) is 4.15. The summed E-state index contributed by atoms with van der Waals surface area (Å²) in [6.07, 6.45) is 1.68. The first-order valence-corrected chi connectivity index (χ1v) is 9.05. The van der Waals surface area contributed by atoms with Crippen molar-refractivity contribution in [3.8, 4) is 11.5 Å². The van der Waals surface area contributed by atoms with Crippen LogP contribution in [0.3, 0.4) is 0 Å². The molecular weight excluding hydrogens is 348 g/mol. The van der Waals surface area contributed by atoms with Crippen molar-refractivity contribution >= 4 is 22.8 Å². The van der Waals surface area contributed by atoms with Gasteiger partial charge in [0.2, 0.25) is 0 Å². The van der Waals surface area contributed by atoms with Crippen LogP contribution in [0.25, 0.3) is 11.0 Å². The van der Waals surface area contributed by atoms with Gasteiger partial charge in [0, 0.05) is 37.6 Å². The van der Waals surface area contributed by atoms with Gasteiger partial charge < -0.3 is 24.1 Å². The van der Waals surface area contributed by atoms with E-state index in [1.807, 2.05) is 24.8 Å². The van der Waals surface area contributed by atoms with Crippen LogP contribution in [0.2, 0.25) is 0 Å². The quantitative estimate of drug-likeness (QED) is 0.474. The maximum Gasteiger partial charge on any atom is 0.343 e. The molecule has 0 unspecified atom stereocenters. The topological polar surface area (TPSA) is 101 Å². The zero-order chi connectivity index (χ0) is 19.6. The van der Waals surface area contributed by atoms with Crippen LogP contribution in [0.5, 0.6) is 11.5 Å². The van der Waals surface area contributed by atoms with Gasteiger partial charge in [-0.2, -0.15) is 0 Å². The Morgan fingerprint density at radius 1 is 1.37 bits per heavy atom. The van der Waals surface area contributed by atoms with E-state index in [0.717, 1.165) is 48.4 Å². The van der Waals surface area contributed by atoms with Crippen molar-refractivity contribution in [2.75, 3.05) is 26.8 Å². The summed E-state index contributed by atoms with van der Waals surface area (Å²) in [5.74, 6) is 2.05. The smallest absolute Gasteiger partial charge is 0.343 e. The third-order valence-corrected chi connectivity index (χ3v) is 4.82. The van der Waals surface area contributed by atoms with Crippen molar-refractivity contribution in [3.05, 3.63) is 17.5 Å². The second kappa shape index (κ2) is 7.85. The number of aryl methyl sites for hydroxylation is 2. The molecule has 1 aromatic heterocycles. The summed E-state index contributed by atoms with van der Waals surface area (Å²) in [5, 5.41) is 7.75. The van der Waals surface area contributed by atoms with E-state index in [1.165, 1.54) is 7.11 Å². The number of hydrogen-bond acceptors (Lipinski definition) is 6. The summed E-state index contributed by atoms with van der Waals surface area (Å²) >= 11 is 0. The van der Waals surface area contributed by atoms with Crippen molar-refractivity contribution in [1.29, 1.82) is 5.41 Å². The van der Waals surface area contributed by atoms with Gasteiger partial charge in [-0.1, -0.05) is 0 Å². The van der Waals surface area contributed by atoms with E-state index < -0.39 is 5.97 Å². The van der Waals surface area contributed by atoms with Gasteiger partial charge in [-0.25, -0.2) is 9.78 Å². The molecule has 0 spiro atoms. The number of piperidine rings is 1. The van der Waals surface area contributed by atoms with E-state index in [4.69, 9.17) is 14.9 Å². The number of rotatable bonds is 5. The highest BCUT2D eigenvalue weighted by Crippen LogP contribution is 2.38. The normalized spacial score (nSPS) is 15.0. The summed E-state index contributed by atoms with van der Waals surface area (Å²) in [6, 6.07) is 1.88. The van der Waals surface area contributed by atoms with Crippen molar-refractivity contribution in [3.63, 3.8) is 0 Å². The average molecular weight is 374 g/mol. The first-order valence-electron chi connectivity index (χ1n) is 9.05. The van der Waals surface area contributed by atoms with Crippen LogP contribution in [0.4, 0.5) is 0 Å². The number of methoxy groups -OCH3 is 1. The molecule has 0 aliphatic carbocycles. The molecule has 0 bridgehead atoms. The standard InChI is InChI=1S/C19H26N4O4/c1-11-18-15(21-13(3)22-18)9-16(19(11)26-10-17(24)25-4)27-14-5-7-23(8-6-14)12(2)20/h9,14,20H,5-8,10H2,1-4H3,(H,21,22). The van der Waals surface area contributed by atoms with Crippen LogP contribution < -0.4 is 9.47 Å². The Bertz CT molecular complexity index is 853. The van der Waals surface area contributed by atoms with Crippen LogP contribution in [0.15, 0.2) is 6.07 Å². The highest BCUT2D eigenvalue weighted by molar-refractivity contribution is 5.84. The molecular formula is C19H26N4O4. The number of likely N-dealkylation sites (tertiary alicyclic amines) is 1. The third-order valence-electron chi connectivity index (χ3n) is 4.82. The maximum atomic E-state index is 11.5. The van der Waals surface area contributed by atoms with Gasteiger partial charge in [0.05, 0.1) is 24.0 Å². The zero-order valence-corrected chi connectivity index (χ0v) is 16.2. The summed E-state index contributed by atoms with van der Waals surface area (Å²) in [5.41, 5.74) is 2.50. The number of carbonyl (C=O) groups excluding carboxylic acids is 1. The number of amidine groups is 1. The van der Waals surface area contributed by atoms with E-state index in [2.05, 4.69) is 14.7 Å². The number of imidazole rings is 1. The minimum atomic E-state index is -0.451. The number of nitrogens with zero attached hydrogens (tertiary/aromatic N) is 2. The molecule has 1 aromatic carbocycles. The number of aromatic nitrogens is 2. The molecule has 1 saturated heterocycles. The summed E-state index contributed by atoms with van der Waals surface area (Å²) < 4.78 is 16.7. The van der Waals surface area contributed by atoms with Gasteiger partial charge in [-0.15, -0.1) is 0 Å². The summed E-state index contributed by atoms with van der Waals surface area (Å²) in [4.78, 5) is 21.3. The SMILES string of the molecule is COC(=O)COc1c(OC2CCN(C(C)=N)CC2)cc2[nH]c(C)nc2c1C. The molecule has 2 aromatic rings. The number of H-pyrrole nitrogens is 1. The molecule has 0 radical (unpaired) electrons. The number of aromatic amines is 1. The average Bonchev–Trinajstić information content (AvgIpc) is 3.02. The highest BCUT2D eigenvalue weighted by Gasteiger charge is 2.24. The van der Waals surface area contributed by atoms with Crippen molar-refractivity contribution in [1.82, 2.24) is 14.9 Å². The van der Waals surface area contributed by atoms with Gasteiger partial charge in [0.25, 0.3) is 0 Å². The van der Waals surface area contributed by atoms with Gasteiger partial charge >= 0.3 is 5.97 Å². The largest absolute Gasteiger partial charge is 0.486 e. The number of ether oxygens (including phenoxy) is 3. The zero-order valence-electron chi connectivity index (χ0n) is 16.2. The molecule has 27 heavy (non-hydrogen) atoms. The van der Waals surface area contributed by atoms with Gasteiger partial charge in [0.15, 0.2) is 18.1 Å². The first kappa shape index (κ1) is 19.0. The van der Waals surface area contributed by atoms with Crippen molar-refractivity contribution < 1.29 is 19.0 Å². The predicted molar refractivity (Wildman–Crippen MR) is 102 cm³/mol.